The lowest BCUT2D eigenvalue weighted by atomic mass is 10.9. The van der Waals surface area contributed by atoms with Crippen molar-refractivity contribution in [2.24, 2.45) is 0 Å². The highest BCUT2D eigenvalue weighted by atomic mass is 32.2. The highest BCUT2D eigenvalue weighted by molar-refractivity contribution is 7.83. The van der Waals surface area contributed by atoms with E-state index >= 15 is 0 Å². The van der Waals surface area contributed by atoms with Gasteiger partial charge in [0.05, 0.1) is 6.61 Å². The highest BCUT2D eigenvalue weighted by Gasteiger charge is 1.95. The molecule has 1 unspecified atom stereocenters. The van der Waals surface area contributed by atoms with Crippen molar-refractivity contribution in [2.45, 2.75) is 6.92 Å². The molecular formula is C3H7NO3S2. The van der Waals surface area contributed by atoms with Gasteiger partial charge in [-0.3, -0.25) is 4.55 Å². The Hall–Kier alpha value is -0.200. The van der Waals surface area contributed by atoms with Crippen molar-refractivity contribution in [3.63, 3.8) is 0 Å². The highest BCUT2D eigenvalue weighted by Crippen LogP contribution is 1.76. The Labute approximate surface area is 61.0 Å². The van der Waals surface area contributed by atoms with Gasteiger partial charge < -0.3 is 4.74 Å². The van der Waals surface area contributed by atoms with Crippen LogP contribution < -0.4 is 4.72 Å². The predicted octanol–water partition coefficient (Wildman–Crippen LogP) is 0.0341. The number of ether oxygens (including phenoxy) is 1. The average Bonchev–Trinajstić information content (AvgIpc) is 1.63. The Morgan fingerprint density at radius 1 is 2.00 bits per heavy atom. The summed E-state index contributed by atoms with van der Waals surface area (Å²) >= 11 is 2.33. The number of nitrogens with one attached hydrogen (secondary N) is 1. The van der Waals surface area contributed by atoms with Crippen LogP contribution in [0.5, 0.6) is 0 Å². The molecule has 0 radical (unpaired) electrons. The lowest BCUT2D eigenvalue weighted by Crippen LogP contribution is -2.25. The van der Waals surface area contributed by atoms with E-state index in [4.69, 9.17) is 4.55 Å². The topological polar surface area (TPSA) is 58.6 Å². The summed E-state index contributed by atoms with van der Waals surface area (Å²) in [5.74, 6) is 0. The van der Waals surface area contributed by atoms with Gasteiger partial charge in [0.15, 0.2) is 0 Å². The van der Waals surface area contributed by atoms with Crippen LogP contribution in [-0.4, -0.2) is 20.5 Å². The van der Waals surface area contributed by atoms with Gasteiger partial charge in [0, 0.05) is 0 Å². The molecule has 9 heavy (non-hydrogen) atoms. The Bertz CT molecular complexity index is 126. The van der Waals surface area contributed by atoms with Crippen LogP contribution in [-0.2, 0) is 16.0 Å². The van der Waals surface area contributed by atoms with Gasteiger partial charge in [0.2, 0.25) is 0 Å². The molecular weight excluding hydrogens is 162 g/mol. The fourth-order valence-corrected chi connectivity index (χ4v) is 0.765. The minimum absolute atomic E-state index is 0.0571. The molecule has 0 fully saturated rings. The molecule has 0 saturated carbocycles. The summed E-state index contributed by atoms with van der Waals surface area (Å²) in [6.07, 6.45) is 0. The van der Waals surface area contributed by atoms with E-state index in [1.165, 1.54) is 0 Å². The molecule has 0 aromatic rings. The zero-order valence-electron chi connectivity index (χ0n) is 4.79. The average molecular weight is 169 g/mol. The smallest absolute Gasteiger partial charge is 0.270 e. The van der Waals surface area contributed by atoms with E-state index in [1.54, 1.807) is 6.92 Å². The van der Waals surface area contributed by atoms with Crippen LogP contribution in [0.15, 0.2) is 0 Å². The predicted molar refractivity (Wildman–Crippen MR) is 38.1 cm³/mol. The summed E-state index contributed by atoms with van der Waals surface area (Å²) < 4.78 is 24.7. The summed E-state index contributed by atoms with van der Waals surface area (Å²) in [6, 6.07) is 0. The third-order valence-corrected chi connectivity index (χ3v) is 1.16. The van der Waals surface area contributed by atoms with E-state index in [-0.39, 0.29) is 5.17 Å². The largest absolute Gasteiger partial charge is 0.471 e. The molecule has 54 valence electrons. The molecule has 1 atom stereocenters. The first kappa shape index (κ1) is 8.80. The molecule has 0 saturated heterocycles. The molecule has 4 nitrogen and oxygen atoms in total. The number of rotatable bonds is 2. The standard InChI is InChI=1S/C3H7NO3S2/c1-2-7-3(8)4-9(5)6/h2H2,1H3,(H,4,8)(H,5,6). The van der Waals surface area contributed by atoms with Crippen molar-refractivity contribution in [1.82, 2.24) is 4.72 Å². The van der Waals surface area contributed by atoms with Gasteiger partial charge in [-0.15, -0.1) is 0 Å². The fraction of sp³-hybridized carbons (Fsp3) is 0.667. The molecule has 0 bridgehead atoms. The van der Waals surface area contributed by atoms with Crippen LogP contribution in [0.2, 0.25) is 0 Å². The van der Waals surface area contributed by atoms with E-state index in [0.717, 1.165) is 0 Å². The fourth-order valence-electron chi connectivity index (χ4n) is 0.232. The van der Waals surface area contributed by atoms with E-state index < -0.39 is 11.3 Å². The quantitative estimate of drug-likeness (QED) is 0.452. The van der Waals surface area contributed by atoms with Gasteiger partial charge in [-0.05, 0) is 19.1 Å². The summed E-state index contributed by atoms with van der Waals surface area (Å²) in [7, 11) is 0. The van der Waals surface area contributed by atoms with Gasteiger partial charge in [0.25, 0.3) is 16.4 Å². The first-order valence-corrected chi connectivity index (χ1v) is 3.72. The first-order valence-electron chi connectivity index (χ1n) is 2.21. The molecule has 0 aliphatic carbocycles. The van der Waals surface area contributed by atoms with Crippen molar-refractivity contribution in [3.05, 3.63) is 0 Å². The van der Waals surface area contributed by atoms with E-state index in [9.17, 15) is 4.21 Å². The van der Waals surface area contributed by atoms with Gasteiger partial charge in [0.1, 0.15) is 0 Å². The molecule has 0 heterocycles. The SMILES string of the molecule is CCOC(=S)NS(=O)O. The zero-order chi connectivity index (χ0) is 7.28. The normalized spacial score (nSPS) is 12.2. The molecule has 0 aromatic heterocycles. The Balaban J connectivity index is 3.39. The molecule has 0 rings (SSSR count). The van der Waals surface area contributed by atoms with E-state index in [1.807, 2.05) is 4.72 Å². The molecule has 2 N–H and O–H groups in total. The third kappa shape index (κ3) is 5.67. The van der Waals surface area contributed by atoms with E-state index in [0.29, 0.717) is 6.61 Å². The number of thiocarbonyl (C=S) groups is 1. The molecule has 0 aliphatic heterocycles. The van der Waals surface area contributed by atoms with Crippen LogP contribution in [0.25, 0.3) is 0 Å². The second-order valence-corrected chi connectivity index (χ2v) is 2.14. The molecule has 0 spiro atoms. The molecule has 0 aromatic carbocycles. The molecule has 0 aliphatic rings. The maximum Gasteiger partial charge on any atom is 0.270 e. The second-order valence-electron chi connectivity index (χ2n) is 1.07. The van der Waals surface area contributed by atoms with E-state index in [2.05, 4.69) is 17.0 Å². The maximum absolute atomic E-state index is 9.92. The van der Waals surface area contributed by atoms with Crippen molar-refractivity contribution < 1.29 is 13.5 Å². The summed E-state index contributed by atoms with van der Waals surface area (Å²) in [6.45, 7) is 2.12. The Kier molecular flexibility index (Phi) is 4.55. The van der Waals surface area contributed by atoms with Gasteiger partial charge in [-0.25, -0.2) is 8.93 Å². The lowest BCUT2D eigenvalue weighted by Gasteiger charge is -2.01. The van der Waals surface area contributed by atoms with Crippen molar-refractivity contribution >= 4 is 28.7 Å². The van der Waals surface area contributed by atoms with Gasteiger partial charge >= 0.3 is 0 Å². The summed E-state index contributed by atoms with van der Waals surface area (Å²) in [4.78, 5) is 0. The zero-order valence-corrected chi connectivity index (χ0v) is 6.42. The van der Waals surface area contributed by atoms with Crippen LogP contribution in [0.3, 0.4) is 0 Å². The third-order valence-electron chi connectivity index (χ3n) is 0.446. The minimum Gasteiger partial charge on any atom is -0.471 e. The maximum atomic E-state index is 9.92. The van der Waals surface area contributed by atoms with Crippen molar-refractivity contribution in [2.75, 3.05) is 6.61 Å². The van der Waals surface area contributed by atoms with Crippen LogP contribution in [0, 0.1) is 0 Å². The van der Waals surface area contributed by atoms with Gasteiger partial charge in [-0.1, -0.05) is 0 Å². The minimum atomic E-state index is -2.11. The van der Waals surface area contributed by atoms with Crippen molar-refractivity contribution in [1.29, 1.82) is 0 Å². The van der Waals surface area contributed by atoms with Gasteiger partial charge in [-0.2, -0.15) is 0 Å². The Morgan fingerprint density at radius 2 is 2.56 bits per heavy atom. The van der Waals surface area contributed by atoms with Crippen LogP contribution in [0.1, 0.15) is 6.92 Å². The van der Waals surface area contributed by atoms with Crippen LogP contribution in [0.4, 0.5) is 0 Å². The molecule has 0 amide bonds. The summed E-state index contributed by atoms with van der Waals surface area (Å²) in [5, 5.41) is -0.0571. The molecule has 6 heteroatoms. The monoisotopic (exact) mass is 169 g/mol. The summed E-state index contributed by atoms with van der Waals surface area (Å²) in [5.41, 5.74) is 0. The van der Waals surface area contributed by atoms with Crippen molar-refractivity contribution in [3.8, 4) is 0 Å². The second kappa shape index (κ2) is 4.66. The number of hydrogen-bond donors (Lipinski definition) is 2. The first-order chi connectivity index (χ1) is 4.16. The lowest BCUT2D eigenvalue weighted by molar-refractivity contribution is 0.327. The van der Waals surface area contributed by atoms with Crippen LogP contribution >= 0.6 is 12.2 Å². The number of hydrogen-bond acceptors (Lipinski definition) is 3. The Morgan fingerprint density at radius 3 is 2.89 bits per heavy atom.